The molecule has 4 atom stereocenters. The average Bonchev–Trinajstić information content (AvgIpc) is 3.18. The summed E-state index contributed by atoms with van der Waals surface area (Å²) >= 11 is 1.31. The van der Waals surface area contributed by atoms with Crippen molar-refractivity contribution < 1.29 is 29.0 Å². The molecule has 2 aromatic rings. The van der Waals surface area contributed by atoms with Gasteiger partial charge in [0.25, 0.3) is 6.33 Å². The third-order valence-corrected chi connectivity index (χ3v) is 6.72. The van der Waals surface area contributed by atoms with Crippen LogP contribution in [-0.4, -0.2) is 44.6 Å². The van der Waals surface area contributed by atoms with Crippen molar-refractivity contribution in [2.75, 3.05) is 0 Å². The third kappa shape index (κ3) is 2.20. The SMILES string of the molecule is Cc1c(C2=C(C(=O)[O-])N3C(=O)[C@H]([C@@H](C)O)[C@H]3[C@H]2C)sc2cn(C(N)=O)c[n+]12. The lowest BCUT2D eigenvalue weighted by Crippen LogP contribution is -2.64. The summed E-state index contributed by atoms with van der Waals surface area (Å²) in [5.74, 6) is -2.72. The average molecular weight is 390 g/mol. The molecule has 0 spiro atoms. The van der Waals surface area contributed by atoms with E-state index >= 15 is 0 Å². The van der Waals surface area contributed by atoms with Crippen LogP contribution in [0.1, 0.15) is 24.4 Å². The Morgan fingerprint density at radius 2 is 2.11 bits per heavy atom. The van der Waals surface area contributed by atoms with Gasteiger partial charge < -0.3 is 25.6 Å². The number of nitrogens with zero attached hydrogens (tertiary/aromatic N) is 3. The number of hydrogen-bond acceptors (Lipinski definition) is 6. The molecule has 1 fully saturated rings. The maximum atomic E-state index is 12.4. The molecule has 10 heteroatoms. The van der Waals surface area contributed by atoms with E-state index in [1.54, 1.807) is 17.5 Å². The van der Waals surface area contributed by atoms with Crippen LogP contribution in [0.3, 0.4) is 0 Å². The van der Waals surface area contributed by atoms with Crippen molar-refractivity contribution in [2.45, 2.75) is 32.9 Å². The number of carboxylic acid groups (broad SMARTS) is 1. The number of fused-ring (bicyclic) bond motifs is 2. The molecule has 3 N–H and O–H groups in total. The molecule has 0 radical (unpaired) electrons. The van der Waals surface area contributed by atoms with Gasteiger partial charge in [-0.05, 0) is 13.8 Å². The van der Waals surface area contributed by atoms with Gasteiger partial charge in [-0.1, -0.05) is 18.3 Å². The fraction of sp³-hybridized carbons (Fsp3) is 0.412. The summed E-state index contributed by atoms with van der Waals surface area (Å²) in [6.45, 7) is 5.19. The first kappa shape index (κ1) is 17.7. The number of β-lactam (4-membered cyclic amide) rings is 1. The van der Waals surface area contributed by atoms with Crippen LogP contribution in [0, 0.1) is 18.8 Å². The molecule has 4 rings (SSSR count). The normalized spacial score (nSPS) is 25.7. The Morgan fingerprint density at radius 3 is 2.63 bits per heavy atom. The van der Waals surface area contributed by atoms with Crippen molar-refractivity contribution in [2.24, 2.45) is 17.6 Å². The van der Waals surface area contributed by atoms with Gasteiger partial charge in [0.05, 0.1) is 34.6 Å². The second-order valence-electron chi connectivity index (χ2n) is 7.02. The van der Waals surface area contributed by atoms with E-state index in [1.165, 1.54) is 34.1 Å². The number of aliphatic hydroxyl groups excluding tert-OH is 1. The van der Waals surface area contributed by atoms with Gasteiger partial charge in [-0.2, -0.15) is 8.97 Å². The van der Waals surface area contributed by atoms with Crippen LogP contribution < -0.4 is 15.2 Å². The number of thiazole rings is 1. The van der Waals surface area contributed by atoms with Gasteiger partial charge in [0.2, 0.25) is 10.7 Å². The highest BCUT2D eigenvalue weighted by Gasteiger charge is 2.59. The van der Waals surface area contributed by atoms with Crippen molar-refractivity contribution in [3.63, 3.8) is 0 Å². The standard InChI is InChI=1S/C17H18N4O5S/c1-6-10(13(16(24)25)21-12(6)11(8(3)22)15(21)23)14-7(2)20-5-19(17(18)26)4-9(20)27-14/h4-6,8,11-12,22H,1-3H3,(H2-,18,24,25,26)/t6-,8+,11+,12+/m0/s1. The third-order valence-electron chi connectivity index (χ3n) is 5.49. The molecule has 0 unspecified atom stereocenters. The largest absolute Gasteiger partial charge is 0.543 e. The number of amides is 2. The molecule has 2 amide bonds. The molecule has 0 aromatic carbocycles. The van der Waals surface area contributed by atoms with Crippen LogP contribution in [-0.2, 0) is 9.59 Å². The number of primary amides is 1. The highest BCUT2D eigenvalue weighted by Crippen LogP contribution is 2.51. The summed E-state index contributed by atoms with van der Waals surface area (Å²) in [5, 5.41) is 21.8. The van der Waals surface area contributed by atoms with Crippen LogP contribution in [0.15, 0.2) is 18.2 Å². The van der Waals surface area contributed by atoms with E-state index in [-0.39, 0.29) is 11.6 Å². The number of aliphatic carboxylic acids is 1. The Labute approximate surface area is 157 Å². The summed E-state index contributed by atoms with van der Waals surface area (Å²) in [6.07, 6.45) is 2.24. The highest BCUT2D eigenvalue weighted by atomic mass is 32.1. The molecular formula is C17H18N4O5S. The molecule has 0 saturated carbocycles. The molecule has 0 aliphatic carbocycles. The van der Waals surface area contributed by atoms with Crippen molar-refractivity contribution in [1.82, 2.24) is 9.47 Å². The number of carbonyl (C=O) groups is 3. The maximum absolute atomic E-state index is 12.4. The summed E-state index contributed by atoms with van der Waals surface area (Å²) in [7, 11) is 0. The lowest BCUT2D eigenvalue weighted by molar-refractivity contribution is -0.515. The zero-order chi connectivity index (χ0) is 19.8. The van der Waals surface area contributed by atoms with Gasteiger partial charge in [-0.15, -0.1) is 0 Å². The number of hydrogen-bond donors (Lipinski definition) is 2. The van der Waals surface area contributed by atoms with E-state index in [4.69, 9.17) is 5.73 Å². The second kappa shape index (κ2) is 5.64. The molecule has 142 valence electrons. The Bertz CT molecular complexity index is 1050. The minimum Gasteiger partial charge on any atom is -0.543 e. The Morgan fingerprint density at radius 1 is 1.44 bits per heavy atom. The molecule has 1 saturated heterocycles. The highest BCUT2D eigenvalue weighted by molar-refractivity contribution is 7.18. The van der Waals surface area contributed by atoms with Crippen LogP contribution in [0.25, 0.3) is 10.4 Å². The summed E-state index contributed by atoms with van der Waals surface area (Å²) in [5.41, 5.74) is 6.41. The molecule has 2 aromatic heterocycles. The first-order valence-electron chi connectivity index (χ1n) is 8.44. The van der Waals surface area contributed by atoms with E-state index in [2.05, 4.69) is 0 Å². The molecule has 27 heavy (non-hydrogen) atoms. The summed E-state index contributed by atoms with van der Waals surface area (Å²) in [6, 6.07) is -1.03. The van der Waals surface area contributed by atoms with Crippen molar-refractivity contribution in [3.8, 4) is 0 Å². The number of carbonyl (C=O) groups excluding carboxylic acids is 3. The van der Waals surface area contributed by atoms with E-state index in [0.717, 1.165) is 5.69 Å². The van der Waals surface area contributed by atoms with Crippen LogP contribution in [0.5, 0.6) is 0 Å². The topological polar surface area (TPSA) is 133 Å². The van der Waals surface area contributed by atoms with E-state index in [0.29, 0.717) is 15.3 Å². The smallest absolute Gasteiger partial charge is 0.410 e. The fourth-order valence-electron chi connectivity index (χ4n) is 4.24. The van der Waals surface area contributed by atoms with Gasteiger partial charge in [0.1, 0.15) is 5.69 Å². The van der Waals surface area contributed by atoms with Crippen LogP contribution in [0.4, 0.5) is 4.79 Å². The van der Waals surface area contributed by atoms with E-state index in [1.807, 2.05) is 6.92 Å². The monoisotopic (exact) mass is 390 g/mol. The minimum atomic E-state index is -1.42. The van der Waals surface area contributed by atoms with Crippen LogP contribution in [0.2, 0.25) is 0 Å². The lowest BCUT2D eigenvalue weighted by Gasteiger charge is -2.47. The summed E-state index contributed by atoms with van der Waals surface area (Å²) in [4.78, 5) is 38.3. The number of imidazole rings is 1. The Kier molecular flexibility index (Phi) is 3.69. The van der Waals surface area contributed by atoms with E-state index in [9.17, 15) is 24.6 Å². The number of nitrogens with two attached hydrogens (primary N) is 1. The molecular weight excluding hydrogens is 372 g/mol. The number of aromatic nitrogens is 2. The Balaban J connectivity index is 1.87. The minimum absolute atomic E-state index is 0.134. The first-order chi connectivity index (χ1) is 12.6. The fourth-order valence-corrected chi connectivity index (χ4v) is 5.53. The second-order valence-corrected chi connectivity index (χ2v) is 8.05. The quantitative estimate of drug-likeness (QED) is 0.504. The number of rotatable bonds is 3. The van der Waals surface area contributed by atoms with Gasteiger partial charge in [0, 0.05) is 11.5 Å². The van der Waals surface area contributed by atoms with Gasteiger partial charge in [-0.3, -0.25) is 4.79 Å². The maximum Gasteiger partial charge on any atom is 0.410 e. The first-order valence-corrected chi connectivity index (χ1v) is 9.26. The van der Waals surface area contributed by atoms with Gasteiger partial charge >= 0.3 is 6.03 Å². The molecule has 9 nitrogen and oxygen atoms in total. The van der Waals surface area contributed by atoms with Gasteiger partial charge in [0.15, 0.2) is 6.20 Å². The molecule has 2 aliphatic heterocycles. The number of aryl methyl sites for hydroxylation is 1. The lowest BCUT2D eigenvalue weighted by atomic mass is 9.77. The number of aliphatic hydroxyl groups is 1. The molecule has 4 heterocycles. The zero-order valence-electron chi connectivity index (χ0n) is 14.9. The van der Waals surface area contributed by atoms with E-state index < -0.39 is 36.0 Å². The van der Waals surface area contributed by atoms with Crippen molar-refractivity contribution in [1.29, 1.82) is 0 Å². The van der Waals surface area contributed by atoms with Crippen LogP contribution >= 0.6 is 11.3 Å². The molecule has 0 bridgehead atoms. The van der Waals surface area contributed by atoms with Crippen molar-refractivity contribution >= 4 is 39.6 Å². The molecule has 2 aliphatic rings. The Hall–Kier alpha value is -2.72. The van der Waals surface area contributed by atoms with Crippen molar-refractivity contribution in [3.05, 3.63) is 28.8 Å². The predicted octanol–water partition coefficient (Wildman–Crippen LogP) is -1.16. The predicted molar refractivity (Wildman–Crippen MR) is 92.1 cm³/mol. The summed E-state index contributed by atoms with van der Waals surface area (Å²) < 4.78 is 3.00. The van der Waals surface area contributed by atoms with Gasteiger partial charge in [-0.25, -0.2) is 4.79 Å². The number of carboxylic acids is 1. The zero-order valence-corrected chi connectivity index (χ0v) is 15.7.